The maximum Gasteiger partial charge on any atom is 0.195 e. The molecule has 0 aromatic carbocycles. The molecule has 0 spiro atoms. The van der Waals surface area contributed by atoms with Crippen molar-refractivity contribution in [1.29, 1.82) is 0 Å². The highest BCUT2D eigenvalue weighted by atomic mass is 32.1. The minimum Gasteiger partial charge on any atom is -0.378 e. The monoisotopic (exact) mass is 276 g/mol. The topological polar surface area (TPSA) is 55.7 Å². The van der Waals surface area contributed by atoms with Crippen molar-refractivity contribution in [2.75, 3.05) is 6.61 Å². The molecule has 1 aliphatic heterocycles. The molecule has 0 aliphatic carbocycles. The average molecular weight is 276 g/mol. The summed E-state index contributed by atoms with van der Waals surface area (Å²) in [6, 6.07) is 4.24. The Morgan fingerprint density at radius 3 is 3.16 bits per heavy atom. The fraction of sp³-hybridized carbons (Fsp3) is 0.462. The minimum absolute atomic E-state index is 0.261. The lowest BCUT2D eigenvalue weighted by molar-refractivity contribution is 0.00596. The number of hydrogen-bond donors (Lipinski definition) is 1. The number of hydrogen-bond acceptors (Lipinski definition) is 4. The summed E-state index contributed by atoms with van der Waals surface area (Å²) in [7, 11) is 0. The molecule has 19 heavy (non-hydrogen) atoms. The summed E-state index contributed by atoms with van der Waals surface area (Å²) >= 11 is 5.38. The Morgan fingerprint density at radius 1 is 1.53 bits per heavy atom. The second kappa shape index (κ2) is 5.22. The van der Waals surface area contributed by atoms with Crippen LogP contribution in [0.15, 0.2) is 24.5 Å². The molecule has 1 N–H and O–H groups in total. The lowest BCUT2D eigenvalue weighted by atomic mass is 10.0. The first-order valence-corrected chi connectivity index (χ1v) is 6.85. The molecule has 2 aromatic rings. The number of H-pyrrole nitrogens is 1. The maximum absolute atomic E-state index is 5.60. The van der Waals surface area contributed by atoms with Crippen molar-refractivity contribution in [3.05, 3.63) is 29.3 Å². The minimum atomic E-state index is 0.261. The summed E-state index contributed by atoms with van der Waals surface area (Å²) in [5.41, 5.74) is 0.981. The second-order valence-electron chi connectivity index (χ2n) is 4.82. The molecule has 100 valence electrons. The van der Waals surface area contributed by atoms with Gasteiger partial charge < -0.3 is 4.74 Å². The van der Waals surface area contributed by atoms with Gasteiger partial charge in [-0.2, -0.15) is 5.10 Å². The number of aromatic nitrogens is 4. The van der Waals surface area contributed by atoms with Gasteiger partial charge in [0, 0.05) is 30.6 Å². The van der Waals surface area contributed by atoms with Crippen LogP contribution in [0.2, 0.25) is 0 Å². The highest BCUT2D eigenvalue weighted by Crippen LogP contribution is 2.29. The van der Waals surface area contributed by atoms with E-state index in [0.29, 0.717) is 10.8 Å². The third-order valence-electron chi connectivity index (χ3n) is 3.45. The van der Waals surface area contributed by atoms with Gasteiger partial charge in [-0.25, -0.2) is 0 Å². The van der Waals surface area contributed by atoms with Gasteiger partial charge in [-0.1, -0.05) is 0 Å². The molecule has 0 amide bonds. The van der Waals surface area contributed by atoms with Crippen molar-refractivity contribution in [2.45, 2.75) is 31.9 Å². The molecular weight excluding hydrogens is 260 g/mol. The highest BCUT2D eigenvalue weighted by molar-refractivity contribution is 7.71. The Balaban J connectivity index is 2.02. The van der Waals surface area contributed by atoms with E-state index in [0.717, 1.165) is 30.8 Å². The third-order valence-corrected chi connectivity index (χ3v) is 3.73. The van der Waals surface area contributed by atoms with E-state index in [4.69, 9.17) is 17.0 Å². The Bertz CT molecular complexity index is 607. The Labute approximate surface area is 116 Å². The zero-order chi connectivity index (χ0) is 13.2. The molecule has 3 heterocycles. The molecule has 2 aromatic heterocycles. The molecule has 2 unspecified atom stereocenters. The number of rotatable bonds is 2. The SMILES string of the molecule is CC1CC(n2c(-c3cccnc3)n[nH]c2=S)CCO1. The summed E-state index contributed by atoms with van der Waals surface area (Å²) in [4.78, 5) is 4.15. The van der Waals surface area contributed by atoms with Crippen molar-refractivity contribution < 1.29 is 4.74 Å². The molecule has 5 nitrogen and oxygen atoms in total. The van der Waals surface area contributed by atoms with Crippen molar-refractivity contribution in [3.63, 3.8) is 0 Å². The first kappa shape index (κ1) is 12.5. The first-order chi connectivity index (χ1) is 9.25. The molecule has 6 heteroatoms. The fourth-order valence-corrected chi connectivity index (χ4v) is 2.83. The normalized spacial score (nSPS) is 23.4. The molecule has 1 aliphatic rings. The molecule has 2 atom stereocenters. The largest absolute Gasteiger partial charge is 0.378 e. The van der Waals surface area contributed by atoms with Gasteiger partial charge in [-0.15, -0.1) is 0 Å². The van der Waals surface area contributed by atoms with Crippen molar-refractivity contribution in [2.24, 2.45) is 0 Å². The van der Waals surface area contributed by atoms with Gasteiger partial charge in [-0.05, 0) is 44.1 Å². The fourth-order valence-electron chi connectivity index (χ4n) is 2.55. The van der Waals surface area contributed by atoms with Gasteiger partial charge in [0.1, 0.15) is 0 Å². The predicted molar refractivity (Wildman–Crippen MR) is 74.3 cm³/mol. The average Bonchev–Trinajstić information content (AvgIpc) is 2.82. The van der Waals surface area contributed by atoms with E-state index < -0.39 is 0 Å². The predicted octanol–water partition coefficient (Wildman–Crippen LogP) is 2.74. The van der Waals surface area contributed by atoms with Crippen LogP contribution in [0.25, 0.3) is 11.4 Å². The van der Waals surface area contributed by atoms with Crippen LogP contribution < -0.4 is 0 Å². The summed E-state index contributed by atoms with van der Waals surface area (Å²) in [5, 5.41) is 7.25. The van der Waals surface area contributed by atoms with Gasteiger partial charge in [0.2, 0.25) is 0 Å². The summed E-state index contributed by atoms with van der Waals surface area (Å²) in [6.45, 7) is 2.87. The molecule has 0 bridgehead atoms. The third kappa shape index (κ3) is 2.46. The van der Waals surface area contributed by atoms with E-state index in [1.165, 1.54) is 0 Å². The van der Waals surface area contributed by atoms with Crippen LogP contribution in [0, 0.1) is 4.77 Å². The van der Waals surface area contributed by atoms with E-state index in [2.05, 4.69) is 26.7 Å². The van der Waals surface area contributed by atoms with Crippen LogP contribution in [0.1, 0.15) is 25.8 Å². The maximum atomic E-state index is 5.60. The standard InChI is InChI=1S/C13H16N4OS/c1-9-7-11(4-6-18-9)17-12(15-16-13(17)19)10-3-2-5-14-8-10/h2-3,5,8-9,11H,4,6-7H2,1H3,(H,16,19). The number of nitrogens with one attached hydrogen (secondary N) is 1. The molecular formula is C13H16N4OS. The molecule has 0 radical (unpaired) electrons. The van der Waals surface area contributed by atoms with Crippen molar-refractivity contribution in [1.82, 2.24) is 19.7 Å². The zero-order valence-electron chi connectivity index (χ0n) is 10.7. The van der Waals surface area contributed by atoms with E-state index in [1.54, 1.807) is 6.20 Å². The number of ether oxygens (including phenoxy) is 1. The highest BCUT2D eigenvalue weighted by Gasteiger charge is 2.24. The van der Waals surface area contributed by atoms with Crippen LogP contribution in [-0.4, -0.2) is 32.5 Å². The Morgan fingerprint density at radius 2 is 2.42 bits per heavy atom. The van der Waals surface area contributed by atoms with E-state index in [-0.39, 0.29) is 6.10 Å². The summed E-state index contributed by atoms with van der Waals surface area (Å²) in [6.07, 6.45) is 5.75. The number of nitrogens with zero attached hydrogens (tertiary/aromatic N) is 3. The van der Waals surface area contributed by atoms with Crippen molar-refractivity contribution >= 4 is 12.2 Å². The van der Waals surface area contributed by atoms with Crippen LogP contribution >= 0.6 is 12.2 Å². The first-order valence-electron chi connectivity index (χ1n) is 6.44. The van der Waals surface area contributed by atoms with Crippen molar-refractivity contribution in [3.8, 4) is 11.4 Å². The van der Waals surface area contributed by atoms with Crippen LogP contribution in [-0.2, 0) is 4.74 Å². The Hall–Kier alpha value is -1.53. The van der Waals surface area contributed by atoms with Gasteiger partial charge in [-0.3, -0.25) is 14.6 Å². The number of aromatic amines is 1. The zero-order valence-corrected chi connectivity index (χ0v) is 11.6. The smallest absolute Gasteiger partial charge is 0.195 e. The van der Waals surface area contributed by atoms with Crippen LogP contribution in [0.5, 0.6) is 0 Å². The number of pyridine rings is 1. The quantitative estimate of drug-likeness (QED) is 0.857. The van der Waals surface area contributed by atoms with Gasteiger partial charge in [0.15, 0.2) is 10.6 Å². The van der Waals surface area contributed by atoms with Gasteiger partial charge >= 0.3 is 0 Å². The lowest BCUT2D eigenvalue weighted by Crippen LogP contribution is -2.26. The van der Waals surface area contributed by atoms with E-state index in [1.807, 2.05) is 18.3 Å². The Kier molecular flexibility index (Phi) is 3.44. The molecule has 3 rings (SSSR count). The summed E-state index contributed by atoms with van der Waals surface area (Å²) in [5.74, 6) is 0.859. The molecule has 0 saturated carbocycles. The molecule has 1 saturated heterocycles. The van der Waals surface area contributed by atoms with Gasteiger partial charge in [0.25, 0.3) is 0 Å². The van der Waals surface area contributed by atoms with Crippen LogP contribution in [0.4, 0.5) is 0 Å². The van der Waals surface area contributed by atoms with E-state index >= 15 is 0 Å². The molecule has 1 fully saturated rings. The van der Waals surface area contributed by atoms with Crippen LogP contribution in [0.3, 0.4) is 0 Å². The van der Waals surface area contributed by atoms with E-state index in [9.17, 15) is 0 Å². The van der Waals surface area contributed by atoms with Gasteiger partial charge in [0.05, 0.1) is 6.10 Å². The second-order valence-corrected chi connectivity index (χ2v) is 5.21. The lowest BCUT2D eigenvalue weighted by Gasteiger charge is -2.28. The summed E-state index contributed by atoms with van der Waals surface area (Å²) < 4.78 is 8.37.